The molecule has 3 N–H and O–H groups in total. The molecule has 1 saturated carbocycles. The van der Waals surface area contributed by atoms with E-state index in [1.807, 2.05) is 0 Å². The van der Waals surface area contributed by atoms with Crippen LogP contribution < -0.4 is 5.73 Å². The van der Waals surface area contributed by atoms with E-state index in [0.29, 0.717) is 23.7 Å². The molecule has 1 aromatic carbocycles. The fourth-order valence-corrected chi connectivity index (χ4v) is 2.67. The first-order valence-electron chi connectivity index (χ1n) is 6.99. The minimum absolute atomic E-state index is 0.100. The minimum atomic E-state index is -0.413. The quantitative estimate of drug-likeness (QED) is 0.385. The van der Waals surface area contributed by atoms with Crippen molar-refractivity contribution in [2.45, 2.75) is 45.3 Å². The predicted molar refractivity (Wildman–Crippen MR) is 75.1 cm³/mol. The lowest BCUT2D eigenvalue weighted by atomic mass is 9.88. The number of amidine groups is 1. The summed E-state index contributed by atoms with van der Waals surface area (Å²) in [6.07, 6.45) is 4.92. The van der Waals surface area contributed by atoms with E-state index in [0.717, 1.165) is 6.42 Å². The fraction of sp³-hybridized carbons (Fsp3) is 0.533. The molecule has 20 heavy (non-hydrogen) atoms. The summed E-state index contributed by atoms with van der Waals surface area (Å²) >= 11 is 0. The Bertz CT molecular complexity index is 491. The molecular formula is C15H21FN2O2. The number of rotatable bonds is 4. The van der Waals surface area contributed by atoms with Crippen LogP contribution in [0, 0.1) is 11.7 Å². The number of benzene rings is 1. The van der Waals surface area contributed by atoms with Crippen molar-refractivity contribution < 1.29 is 14.3 Å². The van der Waals surface area contributed by atoms with E-state index in [-0.39, 0.29) is 11.9 Å². The lowest BCUT2D eigenvalue weighted by molar-refractivity contribution is -0.0155. The van der Waals surface area contributed by atoms with E-state index >= 15 is 0 Å². The van der Waals surface area contributed by atoms with Gasteiger partial charge in [-0.2, -0.15) is 0 Å². The van der Waals surface area contributed by atoms with Crippen molar-refractivity contribution in [2.75, 3.05) is 0 Å². The average Bonchev–Trinajstić information content (AvgIpc) is 2.45. The molecule has 0 radical (unpaired) electrons. The second-order valence-electron chi connectivity index (χ2n) is 5.44. The summed E-state index contributed by atoms with van der Waals surface area (Å²) in [5.74, 6) is 0.0297. The molecule has 110 valence electrons. The van der Waals surface area contributed by atoms with Crippen molar-refractivity contribution in [2.24, 2.45) is 16.8 Å². The number of hydrogen-bond donors (Lipinski definition) is 2. The molecule has 2 atom stereocenters. The third kappa shape index (κ3) is 3.70. The molecule has 2 unspecified atom stereocenters. The van der Waals surface area contributed by atoms with Crippen LogP contribution in [-0.4, -0.2) is 17.1 Å². The number of nitrogens with two attached hydrogens (primary N) is 1. The molecule has 0 aliphatic heterocycles. The predicted octanol–water partition coefficient (Wildman–Crippen LogP) is 3.02. The smallest absolute Gasteiger partial charge is 0.170 e. The zero-order valence-electron chi connectivity index (χ0n) is 11.7. The van der Waals surface area contributed by atoms with Crippen molar-refractivity contribution in [1.82, 2.24) is 0 Å². The Balaban J connectivity index is 2.03. The SMILES string of the molecule is CC1CCCCC1OCc1cc(F)cc(/C(N)=N/O)c1. The third-order valence-corrected chi connectivity index (χ3v) is 3.86. The van der Waals surface area contributed by atoms with Crippen LogP contribution in [0.4, 0.5) is 4.39 Å². The average molecular weight is 280 g/mol. The topological polar surface area (TPSA) is 67.8 Å². The van der Waals surface area contributed by atoms with Gasteiger partial charge in [-0.05, 0) is 42.5 Å². The van der Waals surface area contributed by atoms with Gasteiger partial charge in [0.05, 0.1) is 12.7 Å². The Morgan fingerprint density at radius 1 is 1.40 bits per heavy atom. The molecule has 1 aromatic rings. The van der Waals surface area contributed by atoms with Gasteiger partial charge < -0.3 is 15.7 Å². The number of halogens is 1. The highest BCUT2D eigenvalue weighted by molar-refractivity contribution is 5.97. The van der Waals surface area contributed by atoms with Crippen LogP contribution in [-0.2, 0) is 11.3 Å². The van der Waals surface area contributed by atoms with Crippen molar-refractivity contribution in [3.05, 3.63) is 35.1 Å². The lowest BCUT2D eigenvalue weighted by Gasteiger charge is -2.28. The highest BCUT2D eigenvalue weighted by Crippen LogP contribution is 2.27. The van der Waals surface area contributed by atoms with E-state index in [9.17, 15) is 4.39 Å². The summed E-state index contributed by atoms with van der Waals surface area (Å²) in [4.78, 5) is 0. The minimum Gasteiger partial charge on any atom is -0.409 e. The number of oxime groups is 1. The fourth-order valence-electron chi connectivity index (χ4n) is 2.67. The summed E-state index contributed by atoms with van der Waals surface area (Å²) in [5, 5.41) is 11.5. The monoisotopic (exact) mass is 280 g/mol. The van der Waals surface area contributed by atoms with Gasteiger partial charge in [-0.15, -0.1) is 0 Å². The Morgan fingerprint density at radius 2 is 2.15 bits per heavy atom. The molecule has 1 fully saturated rings. The zero-order valence-corrected chi connectivity index (χ0v) is 11.7. The van der Waals surface area contributed by atoms with E-state index in [1.165, 1.54) is 31.4 Å². The Hall–Kier alpha value is -1.62. The number of hydrogen-bond acceptors (Lipinski definition) is 3. The molecule has 1 aliphatic rings. The summed E-state index contributed by atoms with van der Waals surface area (Å²) in [5.41, 5.74) is 6.55. The van der Waals surface area contributed by atoms with Crippen LogP contribution in [0.3, 0.4) is 0 Å². The van der Waals surface area contributed by atoms with E-state index < -0.39 is 5.82 Å². The van der Waals surface area contributed by atoms with Gasteiger partial charge in [0.25, 0.3) is 0 Å². The Labute approximate surface area is 118 Å². The standard InChI is InChI=1S/C15H21FN2O2/c1-10-4-2-3-5-14(10)20-9-11-6-12(15(17)18-19)8-13(16)7-11/h6-8,10,14,19H,2-5,9H2,1H3,(H2,17,18). The van der Waals surface area contributed by atoms with E-state index in [4.69, 9.17) is 15.7 Å². The highest BCUT2D eigenvalue weighted by atomic mass is 19.1. The Morgan fingerprint density at radius 3 is 2.85 bits per heavy atom. The first-order chi connectivity index (χ1) is 9.60. The van der Waals surface area contributed by atoms with E-state index in [2.05, 4.69) is 12.1 Å². The molecule has 4 nitrogen and oxygen atoms in total. The molecule has 2 rings (SSSR count). The van der Waals surface area contributed by atoms with Gasteiger partial charge in [0.15, 0.2) is 5.84 Å². The number of nitrogens with zero attached hydrogens (tertiary/aromatic N) is 1. The molecule has 0 heterocycles. The van der Waals surface area contributed by atoms with Gasteiger partial charge >= 0.3 is 0 Å². The Kier molecular flexibility index (Phi) is 4.95. The van der Waals surface area contributed by atoms with Crippen molar-refractivity contribution in [3.8, 4) is 0 Å². The largest absolute Gasteiger partial charge is 0.409 e. The third-order valence-electron chi connectivity index (χ3n) is 3.86. The van der Waals surface area contributed by atoms with Crippen LogP contribution in [0.1, 0.15) is 43.7 Å². The lowest BCUT2D eigenvalue weighted by Crippen LogP contribution is -2.25. The second-order valence-corrected chi connectivity index (χ2v) is 5.44. The van der Waals surface area contributed by atoms with Crippen molar-refractivity contribution in [3.63, 3.8) is 0 Å². The maximum Gasteiger partial charge on any atom is 0.170 e. The molecule has 1 aliphatic carbocycles. The van der Waals surface area contributed by atoms with Gasteiger partial charge in [0.2, 0.25) is 0 Å². The zero-order chi connectivity index (χ0) is 14.5. The van der Waals surface area contributed by atoms with E-state index in [1.54, 1.807) is 6.07 Å². The molecule has 0 spiro atoms. The summed E-state index contributed by atoms with van der Waals surface area (Å²) < 4.78 is 19.4. The van der Waals surface area contributed by atoms with Crippen LogP contribution in [0.5, 0.6) is 0 Å². The first kappa shape index (κ1) is 14.8. The van der Waals surface area contributed by atoms with Crippen LogP contribution >= 0.6 is 0 Å². The van der Waals surface area contributed by atoms with Gasteiger partial charge in [0.1, 0.15) is 5.82 Å². The second kappa shape index (κ2) is 6.70. The van der Waals surface area contributed by atoms with Gasteiger partial charge in [-0.25, -0.2) is 4.39 Å². The molecule has 0 aromatic heterocycles. The van der Waals surface area contributed by atoms with Crippen LogP contribution in [0.25, 0.3) is 0 Å². The van der Waals surface area contributed by atoms with Crippen LogP contribution in [0.15, 0.2) is 23.4 Å². The van der Waals surface area contributed by atoms with Crippen molar-refractivity contribution in [1.29, 1.82) is 0 Å². The molecule has 5 heteroatoms. The maximum absolute atomic E-state index is 13.5. The molecule has 0 bridgehead atoms. The summed E-state index contributed by atoms with van der Waals surface area (Å²) in [7, 11) is 0. The molecule has 0 saturated heterocycles. The van der Waals surface area contributed by atoms with Crippen LogP contribution in [0.2, 0.25) is 0 Å². The molecule has 0 amide bonds. The van der Waals surface area contributed by atoms with Crippen molar-refractivity contribution >= 4 is 5.84 Å². The summed E-state index contributed by atoms with van der Waals surface area (Å²) in [6.45, 7) is 2.54. The normalized spacial score (nSPS) is 23.8. The van der Waals surface area contributed by atoms with Gasteiger partial charge in [-0.1, -0.05) is 24.9 Å². The molecular weight excluding hydrogens is 259 g/mol. The van der Waals surface area contributed by atoms with Gasteiger partial charge in [-0.3, -0.25) is 0 Å². The number of ether oxygens (including phenoxy) is 1. The first-order valence-corrected chi connectivity index (χ1v) is 6.99. The summed E-state index contributed by atoms with van der Waals surface area (Å²) in [6, 6.07) is 4.34. The highest BCUT2D eigenvalue weighted by Gasteiger charge is 2.21. The van der Waals surface area contributed by atoms with Gasteiger partial charge in [0, 0.05) is 5.56 Å². The maximum atomic E-state index is 13.5.